The molecule has 2 saturated heterocycles. The van der Waals surface area contributed by atoms with Crippen molar-refractivity contribution in [1.82, 2.24) is 9.80 Å². The van der Waals surface area contributed by atoms with E-state index >= 15 is 0 Å². The van der Waals surface area contributed by atoms with Gasteiger partial charge >= 0.3 is 0 Å². The van der Waals surface area contributed by atoms with E-state index in [4.69, 9.17) is 16.3 Å². The molecule has 114 valence electrons. The molecular weight excluding hydrogens is 288 g/mol. The minimum Gasteiger partial charge on any atom is -0.384 e. The summed E-state index contributed by atoms with van der Waals surface area (Å²) in [4.78, 5) is 16.5. The number of nitrogens with zero attached hydrogens (tertiary/aromatic N) is 2. The van der Waals surface area contributed by atoms with E-state index in [0.717, 1.165) is 31.2 Å². The Morgan fingerprint density at radius 2 is 2.24 bits per heavy atom. The van der Waals surface area contributed by atoms with Crippen molar-refractivity contribution < 1.29 is 9.53 Å². The molecule has 2 aliphatic heterocycles. The highest BCUT2D eigenvalue weighted by Crippen LogP contribution is 2.34. The molecule has 1 aromatic carbocycles. The number of carbonyl (C=O) groups is 1. The number of hydrogen-bond acceptors (Lipinski definition) is 3. The molecule has 2 aliphatic rings. The van der Waals surface area contributed by atoms with Crippen molar-refractivity contribution in [1.29, 1.82) is 0 Å². The van der Waals surface area contributed by atoms with Crippen molar-refractivity contribution in [3.8, 4) is 0 Å². The molecule has 1 amide bonds. The highest BCUT2D eigenvalue weighted by atomic mass is 35.5. The molecule has 3 rings (SSSR count). The molecule has 1 aromatic rings. The van der Waals surface area contributed by atoms with Crippen LogP contribution in [0.25, 0.3) is 0 Å². The number of fused-ring (bicyclic) bond motifs is 1. The number of ether oxygens (including phenoxy) is 1. The third-order valence-corrected chi connectivity index (χ3v) is 4.73. The van der Waals surface area contributed by atoms with E-state index in [1.807, 2.05) is 23.1 Å². The van der Waals surface area contributed by atoms with Crippen LogP contribution in [0.5, 0.6) is 0 Å². The van der Waals surface area contributed by atoms with E-state index in [0.29, 0.717) is 25.0 Å². The maximum atomic E-state index is 12.0. The van der Waals surface area contributed by atoms with Gasteiger partial charge < -0.3 is 9.64 Å². The molecule has 4 nitrogen and oxygen atoms in total. The zero-order valence-corrected chi connectivity index (χ0v) is 13.1. The summed E-state index contributed by atoms with van der Waals surface area (Å²) in [5, 5.41) is 0.785. The Morgan fingerprint density at radius 3 is 3.00 bits per heavy atom. The van der Waals surface area contributed by atoms with Crippen LogP contribution in [0, 0.1) is 5.92 Å². The van der Waals surface area contributed by atoms with Gasteiger partial charge in [0, 0.05) is 50.3 Å². The number of likely N-dealkylation sites (tertiary alicyclic amines) is 2. The first-order chi connectivity index (χ1) is 10.2. The molecular formula is C16H21ClN2O2. The molecule has 0 spiro atoms. The second-order valence-electron chi connectivity index (χ2n) is 5.93. The molecule has 5 heteroatoms. The van der Waals surface area contributed by atoms with Gasteiger partial charge in [0.05, 0.1) is 13.0 Å². The topological polar surface area (TPSA) is 32.8 Å². The number of amides is 1. The fourth-order valence-electron chi connectivity index (χ4n) is 3.35. The number of benzene rings is 1. The van der Waals surface area contributed by atoms with Gasteiger partial charge in [-0.25, -0.2) is 0 Å². The minimum atomic E-state index is 0.217. The van der Waals surface area contributed by atoms with Crippen molar-refractivity contribution in [2.75, 3.05) is 33.4 Å². The summed E-state index contributed by atoms with van der Waals surface area (Å²) in [7, 11) is 1.63. The number of hydrogen-bond donors (Lipinski definition) is 0. The maximum Gasteiger partial charge on any atom is 0.224 e. The Morgan fingerprint density at radius 1 is 1.38 bits per heavy atom. The van der Waals surface area contributed by atoms with Crippen LogP contribution in [0.1, 0.15) is 12.0 Å². The lowest BCUT2D eigenvalue weighted by molar-refractivity contribution is -0.131. The fraction of sp³-hybridized carbons (Fsp3) is 0.562. The smallest absolute Gasteiger partial charge is 0.224 e. The van der Waals surface area contributed by atoms with Gasteiger partial charge in [-0.3, -0.25) is 9.69 Å². The van der Waals surface area contributed by atoms with Gasteiger partial charge in [-0.15, -0.1) is 0 Å². The quantitative estimate of drug-likeness (QED) is 0.834. The maximum absolute atomic E-state index is 12.0. The highest BCUT2D eigenvalue weighted by molar-refractivity contribution is 6.30. The average molecular weight is 309 g/mol. The Hall–Kier alpha value is -1.10. The zero-order chi connectivity index (χ0) is 14.8. The van der Waals surface area contributed by atoms with Crippen molar-refractivity contribution in [3.05, 3.63) is 34.9 Å². The lowest BCUT2D eigenvalue weighted by Crippen LogP contribution is -2.54. The first-order valence-corrected chi connectivity index (χ1v) is 7.80. The van der Waals surface area contributed by atoms with Crippen molar-refractivity contribution in [2.24, 2.45) is 5.92 Å². The summed E-state index contributed by atoms with van der Waals surface area (Å²) in [5.74, 6) is 0.852. The molecule has 0 N–H and O–H groups in total. The molecule has 0 unspecified atom stereocenters. The zero-order valence-electron chi connectivity index (χ0n) is 12.3. The van der Waals surface area contributed by atoms with Crippen molar-refractivity contribution >= 4 is 17.5 Å². The first kappa shape index (κ1) is 14.8. The van der Waals surface area contributed by atoms with E-state index in [1.54, 1.807) is 7.11 Å². The van der Waals surface area contributed by atoms with Crippen LogP contribution in [0.3, 0.4) is 0 Å². The predicted molar refractivity (Wildman–Crippen MR) is 82.2 cm³/mol. The van der Waals surface area contributed by atoms with Gasteiger partial charge in [-0.05, 0) is 17.7 Å². The Labute approximate surface area is 130 Å². The Bertz CT molecular complexity index is 523. The van der Waals surface area contributed by atoms with Gasteiger partial charge in [0.15, 0.2) is 0 Å². The van der Waals surface area contributed by atoms with E-state index in [2.05, 4.69) is 11.0 Å². The average Bonchev–Trinajstić information content (AvgIpc) is 2.80. The van der Waals surface area contributed by atoms with Crippen molar-refractivity contribution in [2.45, 2.75) is 19.0 Å². The predicted octanol–water partition coefficient (Wildman–Crippen LogP) is 2.02. The standard InChI is InChI=1S/C16H21ClN2O2/c1-21-6-5-16(20)19-10-13-9-18(15(13)11-19)8-12-3-2-4-14(17)7-12/h2-4,7,13,15H,5-6,8-11H2,1H3/t13-,15-/m1/s1. The number of halogens is 1. The summed E-state index contributed by atoms with van der Waals surface area (Å²) >= 11 is 6.03. The largest absolute Gasteiger partial charge is 0.384 e. The second kappa shape index (κ2) is 6.34. The first-order valence-electron chi connectivity index (χ1n) is 7.42. The summed E-state index contributed by atoms with van der Waals surface area (Å²) in [6.45, 7) is 4.26. The molecule has 2 atom stereocenters. The fourth-order valence-corrected chi connectivity index (χ4v) is 3.56. The number of rotatable bonds is 5. The molecule has 0 aromatic heterocycles. The Balaban J connectivity index is 1.53. The molecule has 0 saturated carbocycles. The van der Waals surface area contributed by atoms with Crippen LogP contribution in [0.2, 0.25) is 5.02 Å². The minimum absolute atomic E-state index is 0.217. The van der Waals surface area contributed by atoms with Crippen LogP contribution in [-0.4, -0.2) is 55.1 Å². The van der Waals surface area contributed by atoms with Gasteiger partial charge in [0.25, 0.3) is 0 Å². The lowest BCUT2D eigenvalue weighted by Gasteiger charge is -2.43. The third-order valence-electron chi connectivity index (χ3n) is 4.49. The summed E-state index contributed by atoms with van der Waals surface area (Å²) in [6, 6.07) is 8.52. The van der Waals surface area contributed by atoms with Crippen LogP contribution in [-0.2, 0) is 16.1 Å². The summed E-state index contributed by atoms with van der Waals surface area (Å²) in [5.41, 5.74) is 1.24. The number of methoxy groups -OCH3 is 1. The van der Waals surface area contributed by atoms with E-state index in [9.17, 15) is 4.79 Å². The highest BCUT2D eigenvalue weighted by Gasteiger charge is 2.46. The van der Waals surface area contributed by atoms with E-state index < -0.39 is 0 Å². The summed E-state index contributed by atoms with van der Waals surface area (Å²) < 4.78 is 4.98. The van der Waals surface area contributed by atoms with Crippen LogP contribution in [0.15, 0.2) is 24.3 Å². The Kier molecular flexibility index (Phi) is 4.48. The van der Waals surface area contributed by atoms with Crippen LogP contribution < -0.4 is 0 Å². The third kappa shape index (κ3) is 3.23. The second-order valence-corrected chi connectivity index (χ2v) is 6.36. The lowest BCUT2D eigenvalue weighted by atomic mass is 9.91. The van der Waals surface area contributed by atoms with Crippen molar-refractivity contribution in [3.63, 3.8) is 0 Å². The molecule has 0 bridgehead atoms. The van der Waals surface area contributed by atoms with Gasteiger partial charge in [-0.2, -0.15) is 0 Å². The van der Waals surface area contributed by atoms with E-state index in [-0.39, 0.29) is 5.91 Å². The molecule has 2 fully saturated rings. The normalized spacial score (nSPS) is 24.8. The summed E-state index contributed by atoms with van der Waals surface area (Å²) in [6.07, 6.45) is 0.490. The van der Waals surface area contributed by atoms with E-state index in [1.165, 1.54) is 5.56 Å². The number of carbonyl (C=O) groups excluding carboxylic acids is 1. The SMILES string of the molecule is COCCC(=O)N1C[C@H]2CN(Cc3cccc(Cl)c3)[C@@H]2C1. The van der Waals surface area contributed by atoms with Gasteiger partial charge in [-0.1, -0.05) is 23.7 Å². The molecule has 21 heavy (non-hydrogen) atoms. The van der Waals surface area contributed by atoms with Crippen LogP contribution >= 0.6 is 11.6 Å². The molecule has 0 radical (unpaired) electrons. The molecule has 2 heterocycles. The molecule has 0 aliphatic carbocycles. The monoisotopic (exact) mass is 308 g/mol. The van der Waals surface area contributed by atoms with Gasteiger partial charge in [0.1, 0.15) is 0 Å². The van der Waals surface area contributed by atoms with Crippen LogP contribution in [0.4, 0.5) is 0 Å². The van der Waals surface area contributed by atoms with Gasteiger partial charge in [0.2, 0.25) is 5.91 Å².